The number of benzene rings is 1. The fraction of sp³-hybridized carbons (Fsp3) is 0.455. The third-order valence-electron chi connectivity index (χ3n) is 2.68. The van der Waals surface area contributed by atoms with Gasteiger partial charge in [-0.3, -0.25) is 4.90 Å². The van der Waals surface area contributed by atoms with Crippen LogP contribution in [0.15, 0.2) is 6.07 Å². The van der Waals surface area contributed by atoms with Gasteiger partial charge in [-0.05, 0) is 14.0 Å². The Morgan fingerprint density at radius 1 is 1.25 bits per heavy atom. The van der Waals surface area contributed by atoms with Crippen molar-refractivity contribution in [1.82, 2.24) is 4.90 Å². The lowest BCUT2D eigenvalue weighted by atomic mass is 10.1. The first-order chi connectivity index (χ1) is 7.49. The first kappa shape index (κ1) is 11.3. The van der Waals surface area contributed by atoms with E-state index >= 15 is 0 Å². The van der Waals surface area contributed by atoms with Gasteiger partial charge in [-0.25, -0.2) is 8.78 Å². The second kappa shape index (κ2) is 3.97. The molecule has 1 fully saturated rings. The molecule has 0 aliphatic carbocycles. The van der Waals surface area contributed by atoms with Crippen LogP contribution in [0.5, 0.6) is 5.75 Å². The van der Waals surface area contributed by atoms with E-state index < -0.39 is 17.5 Å². The van der Waals surface area contributed by atoms with Crippen molar-refractivity contribution in [1.29, 1.82) is 0 Å². The van der Waals surface area contributed by atoms with E-state index in [-0.39, 0.29) is 17.4 Å². The number of nitrogens with zero attached hydrogens (tertiary/aromatic N) is 1. The fourth-order valence-corrected chi connectivity index (χ4v) is 1.65. The summed E-state index contributed by atoms with van der Waals surface area (Å²) in [7, 11) is 1.88. The minimum absolute atomic E-state index is 0.194. The van der Waals surface area contributed by atoms with Crippen molar-refractivity contribution in [2.75, 3.05) is 20.1 Å². The first-order valence-electron chi connectivity index (χ1n) is 4.98. The lowest BCUT2D eigenvalue weighted by Gasteiger charge is -2.36. The summed E-state index contributed by atoms with van der Waals surface area (Å²) in [6, 6.07) is 0.895. The van der Waals surface area contributed by atoms with Crippen LogP contribution in [-0.2, 0) is 0 Å². The molecule has 0 aromatic heterocycles. The summed E-state index contributed by atoms with van der Waals surface area (Å²) in [4.78, 5) is 1.96. The van der Waals surface area contributed by atoms with Gasteiger partial charge in [0.15, 0.2) is 11.6 Å². The molecule has 1 aliphatic rings. The number of rotatable bonds is 2. The molecule has 5 heteroatoms. The quantitative estimate of drug-likeness (QED) is 0.723. The lowest BCUT2D eigenvalue weighted by Crippen LogP contribution is -2.51. The molecule has 0 atom stereocenters. The largest absolute Gasteiger partial charge is 0.484 e. The molecule has 1 aromatic carbocycles. The van der Waals surface area contributed by atoms with Gasteiger partial charge in [-0.15, -0.1) is 0 Å². The number of likely N-dealkylation sites (tertiary alicyclic amines) is 1. The van der Waals surface area contributed by atoms with Crippen molar-refractivity contribution in [2.24, 2.45) is 0 Å². The summed E-state index contributed by atoms with van der Waals surface area (Å²) in [6.45, 7) is 2.46. The Bertz CT molecular complexity index is 416. The van der Waals surface area contributed by atoms with E-state index in [2.05, 4.69) is 0 Å². The molecule has 1 aliphatic heterocycles. The molecule has 0 radical (unpaired) electrons. The molecule has 0 unspecified atom stereocenters. The van der Waals surface area contributed by atoms with Gasteiger partial charge in [-0.1, -0.05) is 0 Å². The van der Waals surface area contributed by atoms with Crippen molar-refractivity contribution in [3.8, 4) is 5.75 Å². The van der Waals surface area contributed by atoms with Crippen molar-refractivity contribution in [3.05, 3.63) is 29.1 Å². The molecule has 0 N–H and O–H groups in total. The standard InChI is InChI=1S/C11H12F3NO/c1-6-8(12)3-9(11(14)10(6)13)16-7-4-15(2)5-7/h3,7H,4-5H2,1-2H3. The summed E-state index contributed by atoms with van der Waals surface area (Å²) >= 11 is 0. The minimum Gasteiger partial charge on any atom is -0.484 e. The van der Waals surface area contributed by atoms with Crippen molar-refractivity contribution >= 4 is 0 Å². The predicted molar refractivity (Wildman–Crippen MR) is 53.0 cm³/mol. The molecular weight excluding hydrogens is 219 g/mol. The molecule has 0 saturated carbocycles. The van der Waals surface area contributed by atoms with E-state index in [1.807, 2.05) is 11.9 Å². The Balaban J connectivity index is 2.21. The topological polar surface area (TPSA) is 12.5 Å². The Hall–Kier alpha value is -1.23. The second-order valence-corrected chi connectivity index (χ2v) is 4.07. The highest BCUT2D eigenvalue weighted by molar-refractivity contribution is 5.32. The Labute approximate surface area is 91.6 Å². The van der Waals surface area contributed by atoms with E-state index in [1.54, 1.807) is 0 Å². The summed E-state index contributed by atoms with van der Waals surface area (Å²) in [5.41, 5.74) is -0.324. The van der Waals surface area contributed by atoms with E-state index in [9.17, 15) is 13.2 Å². The zero-order valence-electron chi connectivity index (χ0n) is 9.06. The van der Waals surface area contributed by atoms with Crippen LogP contribution in [0.1, 0.15) is 5.56 Å². The van der Waals surface area contributed by atoms with E-state index in [4.69, 9.17) is 4.74 Å². The van der Waals surface area contributed by atoms with Crippen molar-refractivity contribution in [3.63, 3.8) is 0 Å². The Morgan fingerprint density at radius 2 is 1.88 bits per heavy atom. The summed E-state index contributed by atoms with van der Waals surface area (Å²) < 4.78 is 44.9. The van der Waals surface area contributed by atoms with Gasteiger partial charge in [0.1, 0.15) is 11.9 Å². The van der Waals surface area contributed by atoms with Gasteiger partial charge in [0, 0.05) is 24.7 Å². The Morgan fingerprint density at radius 3 is 2.44 bits per heavy atom. The summed E-state index contributed by atoms with van der Waals surface area (Å²) in [5.74, 6) is -3.43. The first-order valence-corrected chi connectivity index (χ1v) is 4.98. The van der Waals surface area contributed by atoms with Crippen molar-refractivity contribution in [2.45, 2.75) is 13.0 Å². The van der Waals surface area contributed by atoms with E-state index in [0.717, 1.165) is 6.07 Å². The average Bonchev–Trinajstić information content (AvgIpc) is 2.20. The molecule has 1 heterocycles. The van der Waals surface area contributed by atoms with Crippen LogP contribution in [0.4, 0.5) is 13.2 Å². The molecular formula is C11H12F3NO. The maximum atomic E-state index is 13.4. The second-order valence-electron chi connectivity index (χ2n) is 4.07. The van der Waals surface area contributed by atoms with Gasteiger partial charge in [0.2, 0.25) is 5.82 Å². The molecule has 1 saturated heterocycles. The number of hydrogen-bond acceptors (Lipinski definition) is 2. The zero-order chi connectivity index (χ0) is 11.9. The molecule has 0 amide bonds. The normalized spacial score (nSPS) is 17.3. The summed E-state index contributed by atoms with van der Waals surface area (Å²) in [5, 5.41) is 0. The van der Waals surface area contributed by atoms with Crippen LogP contribution in [0.25, 0.3) is 0 Å². The van der Waals surface area contributed by atoms with Gasteiger partial charge in [0.05, 0.1) is 0 Å². The maximum Gasteiger partial charge on any atom is 0.201 e. The maximum absolute atomic E-state index is 13.4. The van der Waals surface area contributed by atoms with Crippen molar-refractivity contribution < 1.29 is 17.9 Å². The molecule has 0 bridgehead atoms. The van der Waals surface area contributed by atoms with Crippen LogP contribution in [-0.4, -0.2) is 31.1 Å². The Kier molecular flexibility index (Phi) is 2.80. The number of hydrogen-bond donors (Lipinski definition) is 0. The third kappa shape index (κ3) is 1.87. The SMILES string of the molecule is Cc1c(F)cc(OC2CN(C)C2)c(F)c1F. The summed E-state index contributed by atoms with van der Waals surface area (Å²) in [6.07, 6.45) is -0.194. The highest BCUT2D eigenvalue weighted by atomic mass is 19.2. The number of ether oxygens (including phenoxy) is 1. The van der Waals surface area contributed by atoms with Crippen LogP contribution in [0, 0.1) is 24.4 Å². The highest BCUT2D eigenvalue weighted by Gasteiger charge is 2.27. The molecule has 2 nitrogen and oxygen atoms in total. The molecule has 0 spiro atoms. The fourth-order valence-electron chi connectivity index (χ4n) is 1.65. The van der Waals surface area contributed by atoms with Gasteiger partial charge >= 0.3 is 0 Å². The average molecular weight is 231 g/mol. The molecule has 16 heavy (non-hydrogen) atoms. The molecule has 2 rings (SSSR count). The third-order valence-corrected chi connectivity index (χ3v) is 2.68. The molecule has 88 valence electrons. The minimum atomic E-state index is -1.18. The zero-order valence-corrected chi connectivity index (χ0v) is 9.06. The van der Waals surface area contributed by atoms with Gasteiger partial charge in [-0.2, -0.15) is 4.39 Å². The van der Waals surface area contributed by atoms with Gasteiger partial charge < -0.3 is 4.74 Å². The molecule has 1 aromatic rings. The van der Waals surface area contributed by atoms with E-state index in [0.29, 0.717) is 13.1 Å². The number of likely N-dealkylation sites (N-methyl/N-ethyl adjacent to an activating group) is 1. The lowest BCUT2D eigenvalue weighted by molar-refractivity contribution is 0.0353. The number of halogens is 3. The van der Waals surface area contributed by atoms with Crippen LogP contribution >= 0.6 is 0 Å². The van der Waals surface area contributed by atoms with Gasteiger partial charge in [0.25, 0.3) is 0 Å². The smallest absolute Gasteiger partial charge is 0.201 e. The predicted octanol–water partition coefficient (Wildman–Crippen LogP) is 2.11. The van der Waals surface area contributed by atoms with E-state index in [1.165, 1.54) is 6.92 Å². The van der Waals surface area contributed by atoms with Crippen LogP contribution in [0.2, 0.25) is 0 Å². The highest BCUT2D eigenvalue weighted by Crippen LogP contribution is 2.27. The van der Waals surface area contributed by atoms with Crippen LogP contribution in [0.3, 0.4) is 0 Å². The monoisotopic (exact) mass is 231 g/mol. The van der Waals surface area contributed by atoms with Crippen LogP contribution < -0.4 is 4.74 Å².